The molecule has 0 saturated heterocycles. The Bertz CT molecular complexity index is 385. The molecule has 0 atom stereocenters. The van der Waals surface area contributed by atoms with E-state index in [1.807, 2.05) is 0 Å². The van der Waals surface area contributed by atoms with Gasteiger partial charge in [-0.2, -0.15) is 0 Å². The van der Waals surface area contributed by atoms with E-state index in [1.165, 1.54) is 0 Å². The number of carboxylic acid groups (broad SMARTS) is 4. The normalized spacial score (nSPS) is 9.90. The van der Waals surface area contributed by atoms with Gasteiger partial charge in [-0.3, -0.25) is 0 Å². The maximum Gasteiger partial charge on any atom is 2.00 e. The van der Waals surface area contributed by atoms with Crippen molar-refractivity contribution in [3.8, 4) is 0 Å². The summed E-state index contributed by atoms with van der Waals surface area (Å²) in [5, 5.41) is 38.8. The Labute approximate surface area is 174 Å². The number of carbonyl (C=O) groups is 4. The molecule has 0 N–H and O–H groups in total. The summed E-state index contributed by atoms with van der Waals surface area (Å²) in [6, 6.07) is 0. The molecule has 0 rings (SSSR count). The van der Waals surface area contributed by atoms with E-state index in [0.717, 1.165) is 13.8 Å². The van der Waals surface area contributed by atoms with E-state index in [4.69, 9.17) is 0 Å². The van der Waals surface area contributed by atoms with Crippen molar-refractivity contribution in [1.29, 1.82) is 0 Å². The minimum absolute atomic E-state index is 0. The fraction of sp³-hybridized carbons (Fsp3) is 0.200. The molecule has 0 unspecified atom stereocenters. The van der Waals surface area contributed by atoms with Crippen molar-refractivity contribution in [3.05, 3.63) is 23.3 Å². The molecule has 100 valence electrons. The number of hydrogen-bond donors (Lipinski definition) is 0. The van der Waals surface area contributed by atoms with Crippen LogP contribution < -0.4 is 20.4 Å². The van der Waals surface area contributed by atoms with Crippen molar-refractivity contribution in [2.75, 3.05) is 0 Å². The summed E-state index contributed by atoms with van der Waals surface area (Å²) in [5.41, 5.74) is -0.704. The van der Waals surface area contributed by atoms with Crippen LogP contribution in [0.2, 0.25) is 0 Å². The van der Waals surface area contributed by atoms with Crippen LogP contribution in [0.1, 0.15) is 13.8 Å². The zero-order valence-corrected chi connectivity index (χ0v) is 15.3. The smallest absolute Gasteiger partial charge is 0.545 e. The van der Waals surface area contributed by atoms with Crippen molar-refractivity contribution in [1.82, 2.24) is 0 Å². The van der Waals surface area contributed by atoms with E-state index in [2.05, 4.69) is 0 Å². The second kappa shape index (κ2) is 15.3. The Kier molecular flexibility index (Phi) is 21.5. The van der Waals surface area contributed by atoms with Crippen LogP contribution in [0.3, 0.4) is 0 Å². The SMILES string of the molecule is CC(=CC(=O)[O-])C(=O)[O-].CC(=CC(=O)[O-])C(=O)[O-].[Ca+2].[Ca+2]. The number of rotatable bonds is 4. The first-order valence-corrected chi connectivity index (χ1v) is 4.29. The van der Waals surface area contributed by atoms with E-state index in [-0.39, 0.29) is 86.6 Å². The van der Waals surface area contributed by atoms with Crippen molar-refractivity contribution in [2.45, 2.75) is 13.8 Å². The topological polar surface area (TPSA) is 161 Å². The molecule has 8 nitrogen and oxygen atoms in total. The molecule has 0 aliphatic heterocycles. The Hall–Kier alpha value is -0.121. The Balaban J connectivity index is -0.000000116. The first-order chi connectivity index (χ1) is 8.07. The molecule has 0 aliphatic rings. The minimum Gasteiger partial charge on any atom is -0.545 e. The van der Waals surface area contributed by atoms with Gasteiger partial charge in [0.2, 0.25) is 0 Å². The van der Waals surface area contributed by atoms with Crippen LogP contribution in [-0.4, -0.2) is 99.4 Å². The molecule has 0 radical (unpaired) electrons. The van der Waals surface area contributed by atoms with Crippen LogP contribution in [0.5, 0.6) is 0 Å². The van der Waals surface area contributed by atoms with Crippen LogP contribution >= 0.6 is 0 Å². The van der Waals surface area contributed by atoms with Crippen LogP contribution in [0.15, 0.2) is 23.3 Å². The number of hydrogen-bond acceptors (Lipinski definition) is 8. The summed E-state index contributed by atoms with van der Waals surface area (Å²) in [7, 11) is 0. The number of carboxylic acids is 4. The Morgan fingerprint density at radius 2 is 0.850 bits per heavy atom. The van der Waals surface area contributed by atoms with Crippen LogP contribution in [0.25, 0.3) is 0 Å². The van der Waals surface area contributed by atoms with Gasteiger partial charge in [-0.15, -0.1) is 0 Å². The first-order valence-electron chi connectivity index (χ1n) is 4.29. The van der Waals surface area contributed by atoms with Gasteiger partial charge in [0, 0.05) is 0 Å². The van der Waals surface area contributed by atoms with Crippen molar-refractivity contribution in [2.24, 2.45) is 0 Å². The van der Waals surface area contributed by atoms with Crippen LogP contribution in [0.4, 0.5) is 0 Å². The largest absolute Gasteiger partial charge is 2.00 e. The molecule has 0 heterocycles. The van der Waals surface area contributed by atoms with E-state index < -0.39 is 23.9 Å². The summed E-state index contributed by atoms with van der Waals surface area (Å²) in [6.07, 6.45) is 0.935. The molecule has 0 bridgehead atoms. The third-order valence-corrected chi connectivity index (χ3v) is 1.31. The minimum atomic E-state index is -1.53. The second-order valence-electron chi connectivity index (χ2n) is 2.87. The van der Waals surface area contributed by atoms with Crippen molar-refractivity contribution >= 4 is 99.4 Å². The van der Waals surface area contributed by atoms with Gasteiger partial charge in [-0.05, 0) is 37.1 Å². The van der Waals surface area contributed by atoms with Crippen LogP contribution in [0, 0.1) is 0 Å². The Morgan fingerprint density at radius 3 is 0.900 bits per heavy atom. The Morgan fingerprint density at radius 1 is 0.650 bits per heavy atom. The summed E-state index contributed by atoms with van der Waals surface area (Å²) >= 11 is 0. The third kappa shape index (κ3) is 20.2. The van der Waals surface area contributed by atoms with Crippen molar-refractivity contribution in [3.63, 3.8) is 0 Å². The van der Waals surface area contributed by atoms with Gasteiger partial charge in [-0.25, -0.2) is 0 Å². The zero-order valence-electron chi connectivity index (χ0n) is 10.8. The van der Waals surface area contributed by atoms with Crippen LogP contribution in [-0.2, 0) is 19.2 Å². The molecule has 0 aromatic carbocycles. The summed E-state index contributed by atoms with van der Waals surface area (Å²) in [5.74, 6) is -6.06. The molecule has 10 heteroatoms. The fourth-order valence-corrected chi connectivity index (χ4v) is 0.471. The van der Waals surface area contributed by atoms with E-state index in [0.29, 0.717) is 12.2 Å². The van der Waals surface area contributed by atoms with Gasteiger partial charge in [-0.1, -0.05) is 0 Å². The molecule has 0 fully saturated rings. The van der Waals surface area contributed by atoms with Gasteiger partial charge < -0.3 is 39.6 Å². The van der Waals surface area contributed by atoms with E-state index in [1.54, 1.807) is 0 Å². The van der Waals surface area contributed by atoms with Gasteiger partial charge in [0.05, 0.1) is 23.9 Å². The van der Waals surface area contributed by atoms with Gasteiger partial charge in [0.1, 0.15) is 0 Å². The zero-order chi connectivity index (χ0) is 14.9. The maximum atomic E-state index is 9.76. The van der Waals surface area contributed by atoms with Gasteiger partial charge in [0.15, 0.2) is 0 Å². The third-order valence-electron chi connectivity index (χ3n) is 1.31. The average molecular weight is 336 g/mol. The predicted octanol–water partition coefficient (Wildman–Crippen LogP) is -5.90. The average Bonchev–Trinajstić information content (AvgIpc) is 2.16. The molecule has 0 aromatic rings. The summed E-state index contributed by atoms with van der Waals surface area (Å²) in [6.45, 7) is 2.23. The number of aliphatic carboxylic acids is 4. The first kappa shape index (κ1) is 28.1. The quantitative estimate of drug-likeness (QED) is 0.362. The standard InChI is InChI=1S/2C5H6O4.2Ca/c2*1-3(5(8)9)2-4(6)7;;/h2*2H,1H3,(H,6,7)(H,8,9);;/q;;2*+2/p-4. The molecule has 20 heavy (non-hydrogen) atoms. The van der Waals surface area contributed by atoms with Crippen molar-refractivity contribution < 1.29 is 39.6 Å². The predicted molar refractivity (Wildman–Crippen MR) is 59.1 cm³/mol. The second-order valence-corrected chi connectivity index (χ2v) is 2.87. The fourth-order valence-electron chi connectivity index (χ4n) is 0.471. The van der Waals surface area contributed by atoms with Gasteiger partial charge >= 0.3 is 75.5 Å². The maximum absolute atomic E-state index is 9.76. The van der Waals surface area contributed by atoms with Gasteiger partial charge in [0.25, 0.3) is 0 Å². The van der Waals surface area contributed by atoms with E-state index >= 15 is 0 Å². The molecule has 0 aromatic heterocycles. The molecule has 0 aliphatic carbocycles. The molecule has 0 saturated carbocycles. The monoisotopic (exact) mass is 336 g/mol. The molecular weight excluding hydrogens is 328 g/mol. The summed E-state index contributed by atoms with van der Waals surface area (Å²) in [4.78, 5) is 38.8. The summed E-state index contributed by atoms with van der Waals surface area (Å²) < 4.78 is 0. The van der Waals surface area contributed by atoms with E-state index in [9.17, 15) is 39.6 Å². The number of carbonyl (C=O) groups excluding carboxylic acids is 4. The molecular formula is C10H8Ca2O8. The molecule has 0 amide bonds. The molecule has 0 spiro atoms.